The van der Waals surface area contributed by atoms with E-state index >= 15 is 0 Å². The third-order valence-electron chi connectivity index (χ3n) is 6.45. The second kappa shape index (κ2) is 11.5. The molecule has 1 amide bonds. The molecule has 1 heterocycles. The van der Waals surface area contributed by atoms with Crippen LogP contribution in [0.2, 0.25) is 5.02 Å². The van der Waals surface area contributed by atoms with Crippen LogP contribution < -0.4 is 10.2 Å². The highest BCUT2D eigenvalue weighted by Gasteiger charge is 2.22. The fraction of sp³-hybridized carbons (Fsp3) is 0.0938. The highest BCUT2D eigenvalue weighted by atomic mass is 79.9. The van der Waals surface area contributed by atoms with Gasteiger partial charge >= 0.3 is 5.97 Å². The first-order valence-corrected chi connectivity index (χ1v) is 13.7. The lowest BCUT2D eigenvalue weighted by atomic mass is 9.99. The van der Waals surface area contributed by atoms with Gasteiger partial charge in [-0.2, -0.15) is 5.10 Å². The van der Waals surface area contributed by atoms with Crippen molar-refractivity contribution in [3.8, 4) is 16.9 Å². The van der Waals surface area contributed by atoms with Crippen molar-refractivity contribution in [3.05, 3.63) is 122 Å². The largest absolute Gasteiger partial charge is 0.422 e. The predicted molar refractivity (Wildman–Crippen MR) is 164 cm³/mol. The van der Waals surface area contributed by atoms with Crippen LogP contribution in [0, 0.1) is 20.8 Å². The van der Waals surface area contributed by atoms with E-state index in [1.165, 1.54) is 6.21 Å². The summed E-state index contributed by atoms with van der Waals surface area (Å²) < 4.78 is 6.40. The number of aromatic nitrogens is 1. The van der Waals surface area contributed by atoms with Crippen molar-refractivity contribution in [1.82, 2.24) is 10.4 Å². The molecule has 0 saturated heterocycles. The van der Waals surface area contributed by atoms with E-state index in [1.54, 1.807) is 36.4 Å². The molecule has 5 rings (SSSR count). The van der Waals surface area contributed by atoms with E-state index in [1.807, 2.05) is 57.2 Å². The maximum absolute atomic E-state index is 13.5. The number of carbonyl (C=O) groups excluding carboxylic acids is 2. The van der Waals surface area contributed by atoms with Crippen molar-refractivity contribution in [2.75, 3.05) is 0 Å². The smallest absolute Gasteiger partial charge is 0.343 e. The zero-order valence-electron chi connectivity index (χ0n) is 22.0. The van der Waals surface area contributed by atoms with Gasteiger partial charge in [-0.05, 0) is 68.8 Å². The molecule has 200 valence electrons. The third-order valence-corrected chi connectivity index (χ3v) is 7.27. The van der Waals surface area contributed by atoms with Gasteiger partial charge in [0, 0.05) is 37.1 Å². The number of nitrogens with zero attached hydrogens (tertiary/aromatic N) is 1. The molecule has 4 aromatic carbocycles. The Bertz CT molecular complexity index is 1790. The number of hydrogen-bond donors (Lipinski definition) is 2. The number of H-pyrrole nitrogens is 1. The molecule has 0 spiro atoms. The van der Waals surface area contributed by atoms with Gasteiger partial charge in [0.05, 0.1) is 11.8 Å². The van der Waals surface area contributed by atoms with Crippen LogP contribution in [0.4, 0.5) is 0 Å². The van der Waals surface area contributed by atoms with E-state index in [-0.39, 0.29) is 0 Å². The maximum atomic E-state index is 13.5. The highest BCUT2D eigenvalue weighted by molar-refractivity contribution is 9.10. The van der Waals surface area contributed by atoms with E-state index in [4.69, 9.17) is 16.3 Å². The lowest BCUT2D eigenvalue weighted by Gasteiger charge is -2.09. The number of ether oxygens (including phenoxy) is 1. The van der Waals surface area contributed by atoms with Crippen molar-refractivity contribution in [2.45, 2.75) is 20.8 Å². The average Bonchev–Trinajstić information content (AvgIpc) is 3.30. The number of rotatable bonds is 6. The molecule has 5 aromatic rings. The first-order valence-electron chi connectivity index (χ1n) is 12.5. The topological polar surface area (TPSA) is 83.5 Å². The molecule has 6 nitrogen and oxygen atoms in total. The summed E-state index contributed by atoms with van der Waals surface area (Å²) in [5.74, 6) is -0.623. The summed E-state index contributed by atoms with van der Waals surface area (Å²) in [6.07, 6.45) is 1.44. The van der Waals surface area contributed by atoms with Crippen molar-refractivity contribution in [2.24, 2.45) is 5.10 Å². The van der Waals surface area contributed by atoms with Crippen LogP contribution in [0.3, 0.4) is 0 Å². The number of hydrogen-bond acceptors (Lipinski definition) is 4. The Hall–Kier alpha value is -4.20. The van der Waals surface area contributed by atoms with Crippen LogP contribution in [0.15, 0.2) is 88.4 Å². The Balaban J connectivity index is 1.45. The molecule has 8 heteroatoms. The number of fused-ring (bicyclic) bond motifs is 1. The van der Waals surface area contributed by atoms with Crippen molar-refractivity contribution < 1.29 is 14.3 Å². The summed E-state index contributed by atoms with van der Waals surface area (Å²) in [5, 5.41) is 5.63. The summed E-state index contributed by atoms with van der Waals surface area (Å²) in [7, 11) is 0. The molecule has 0 saturated carbocycles. The molecule has 0 aliphatic carbocycles. The van der Waals surface area contributed by atoms with Crippen LogP contribution >= 0.6 is 27.5 Å². The second-order valence-corrected chi connectivity index (χ2v) is 10.8. The molecule has 2 N–H and O–H groups in total. The molecule has 1 aromatic heterocycles. The van der Waals surface area contributed by atoms with Crippen molar-refractivity contribution >= 4 is 56.5 Å². The van der Waals surface area contributed by atoms with E-state index in [9.17, 15) is 9.59 Å². The minimum atomic E-state index is -0.492. The Morgan fingerprint density at radius 2 is 1.70 bits per heavy atom. The van der Waals surface area contributed by atoms with Crippen LogP contribution in [-0.4, -0.2) is 23.1 Å². The number of aromatic amines is 1. The van der Waals surface area contributed by atoms with E-state index < -0.39 is 11.9 Å². The summed E-state index contributed by atoms with van der Waals surface area (Å²) in [4.78, 5) is 29.4. The summed E-state index contributed by atoms with van der Waals surface area (Å²) in [6, 6.07) is 23.8. The van der Waals surface area contributed by atoms with Crippen molar-refractivity contribution in [1.29, 1.82) is 0 Å². The summed E-state index contributed by atoms with van der Waals surface area (Å²) in [6.45, 7) is 5.96. The highest BCUT2D eigenvalue weighted by Crippen LogP contribution is 2.38. The van der Waals surface area contributed by atoms with Gasteiger partial charge in [0.1, 0.15) is 11.4 Å². The standard InChI is InChI=1S/C32H25BrClN3O3/c1-18-8-10-21(11-9-18)32(39)40-27-13-12-23(33)16-22(27)17-35-37-31(38)30-28(24-6-4-5-7-26(24)34)25-15-19(2)14-20(3)29(25)36-30/h4-17,36H,1-3H3,(H,37,38). The van der Waals surface area contributed by atoms with Gasteiger partial charge in [-0.25, -0.2) is 10.2 Å². The van der Waals surface area contributed by atoms with Gasteiger partial charge < -0.3 is 9.72 Å². The summed E-state index contributed by atoms with van der Waals surface area (Å²) in [5.41, 5.74) is 9.32. The van der Waals surface area contributed by atoms with Gasteiger partial charge in [-0.15, -0.1) is 0 Å². The zero-order chi connectivity index (χ0) is 28.4. The molecular weight excluding hydrogens is 590 g/mol. The molecule has 0 aliphatic rings. The zero-order valence-corrected chi connectivity index (χ0v) is 24.4. The molecular formula is C32H25BrClN3O3. The number of carbonyl (C=O) groups is 2. The monoisotopic (exact) mass is 613 g/mol. The first kappa shape index (κ1) is 27.4. The number of hydrazone groups is 1. The quantitative estimate of drug-likeness (QED) is 0.0876. The number of nitrogens with one attached hydrogen (secondary N) is 2. The van der Waals surface area contributed by atoms with E-state index in [0.717, 1.165) is 37.6 Å². The molecule has 0 unspecified atom stereocenters. The van der Waals surface area contributed by atoms with E-state index in [0.29, 0.717) is 33.2 Å². The Morgan fingerprint density at radius 1 is 0.950 bits per heavy atom. The summed E-state index contributed by atoms with van der Waals surface area (Å²) >= 11 is 10.0. The number of halogens is 2. The molecule has 40 heavy (non-hydrogen) atoms. The van der Waals surface area contributed by atoms with Crippen LogP contribution in [0.1, 0.15) is 43.1 Å². The second-order valence-electron chi connectivity index (χ2n) is 9.50. The van der Waals surface area contributed by atoms with Crippen molar-refractivity contribution in [3.63, 3.8) is 0 Å². The molecule has 0 aliphatic heterocycles. The van der Waals surface area contributed by atoms with Crippen LogP contribution in [0.5, 0.6) is 5.75 Å². The Morgan fingerprint density at radius 3 is 2.45 bits per heavy atom. The van der Waals surface area contributed by atoms with Gasteiger partial charge in [0.25, 0.3) is 5.91 Å². The number of amides is 1. The maximum Gasteiger partial charge on any atom is 0.343 e. The van der Waals surface area contributed by atoms with Gasteiger partial charge in [-0.1, -0.05) is 75.1 Å². The minimum absolute atomic E-state index is 0.306. The fourth-order valence-corrected chi connectivity index (χ4v) is 5.15. The fourth-order valence-electron chi connectivity index (χ4n) is 4.54. The average molecular weight is 615 g/mol. The number of benzene rings is 4. The molecule has 0 radical (unpaired) electrons. The molecule has 0 fully saturated rings. The minimum Gasteiger partial charge on any atom is -0.422 e. The van der Waals surface area contributed by atoms with Gasteiger partial charge in [-0.3, -0.25) is 4.79 Å². The normalized spacial score (nSPS) is 11.2. The van der Waals surface area contributed by atoms with Gasteiger partial charge in [0.2, 0.25) is 0 Å². The van der Waals surface area contributed by atoms with Gasteiger partial charge in [0.15, 0.2) is 0 Å². The van der Waals surface area contributed by atoms with E-state index in [2.05, 4.69) is 37.5 Å². The van der Waals surface area contributed by atoms with Crippen LogP contribution in [0.25, 0.3) is 22.0 Å². The Kier molecular flexibility index (Phi) is 7.87. The Labute approximate surface area is 245 Å². The molecule has 0 atom stereocenters. The number of esters is 1. The number of aryl methyl sites for hydroxylation is 3. The SMILES string of the molecule is Cc1ccc(C(=O)Oc2ccc(Br)cc2C=NNC(=O)c2[nH]c3c(C)cc(C)cc3c2-c2ccccc2Cl)cc1. The molecule has 0 bridgehead atoms. The first-order chi connectivity index (χ1) is 19.2. The van der Waals surface area contributed by atoms with Crippen LogP contribution in [-0.2, 0) is 0 Å². The predicted octanol–water partition coefficient (Wildman–Crippen LogP) is 8.16. The lowest BCUT2D eigenvalue weighted by molar-refractivity contribution is 0.0734. The third kappa shape index (κ3) is 5.71. The lowest BCUT2D eigenvalue weighted by Crippen LogP contribution is -2.19.